The predicted octanol–water partition coefficient (Wildman–Crippen LogP) is 0.0935. The predicted molar refractivity (Wildman–Crippen MR) is 70.9 cm³/mol. The van der Waals surface area contributed by atoms with Crippen LogP contribution in [0.3, 0.4) is 0 Å². The van der Waals surface area contributed by atoms with Crippen LogP contribution in [0.5, 0.6) is 0 Å². The van der Waals surface area contributed by atoms with Gasteiger partial charge in [-0.15, -0.1) is 18.2 Å². The molecule has 1 amide bonds. The molecule has 0 aliphatic carbocycles. The second kappa shape index (κ2) is 8.40. The largest absolute Gasteiger partial charge is 0.379 e. The first-order chi connectivity index (χ1) is 8.29. The van der Waals surface area contributed by atoms with Gasteiger partial charge in [-0.1, -0.05) is 12.8 Å². The summed E-state index contributed by atoms with van der Waals surface area (Å²) in [5.41, 5.74) is 0. The smallest absolute Gasteiger partial charge is 0.227 e. The summed E-state index contributed by atoms with van der Waals surface area (Å²) in [4.78, 5) is 11.9. The summed E-state index contributed by atoms with van der Waals surface area (Å²) in [6.07, 6.45) is 5.14. The topological polar surface area (TPSA) is 50.4 Å². The van der Waals surface area contributed by atoms with E-state index in [0.29, 0.717) is 25.5 Å². The molecular formula is C12H20N2O2S. The van der Waals surface area contributed by atoms with E-state index in [2.05, 4.69) is 16.6 Å². The van der Waals surface area contributed by atoms with Crippen molar-refractivity contribution < 1.29 is 9.53 Å². The molecule has 0 saturated carbocycles. The van der Waals surface area contributed by atoms with Gasteiger partial charge in [0.25, 0.3) is 0 Å². The van der Waals surface area contributed by atoms with Crippen molar-refractivity contribution in [3.8, 4) is 12.3 Å². The van der Waals surface area contributed by atoms with Gasteiger partial charge >= 0.3 is 0 Å². The van der Waals surface area contributed by atoms with E-state index in [9.17, 15) is 4.79 Å². The first kappa shape index (κ1) is 14.4. The number of nitrogens with one attached hydrogen (secondary N) is 2. The highest BCUT2D eigenvalue weighted by molar-refractivity contribution is 7.99. The molecule has 0 spiro atoms. The molecule has 5 heteroatoms. The standard InChI is InChI=1S/C12H20N2O2S/c1-3-6-17-7-5-14-12(15)10-8-16-9-11(10)13-4-2/h1,10-11,13H,4-9H2,2H3,(H,14,15). The summed E-state index contributed by atoms with van der Waals surface area (Å²) >= 11 is 1.65. The Morgan fingerprint density at radius 2 is 2.41 bits per heavy atom. The lowest BCUT2D eigenvalue weighted by Gasteiger charge is -2.17. The first-order valence-electron chi connectivity index (χ1n) is 5.89. The molecular weight excluding hydrogens is 236 g/mol. The third kappa shape index (κ3) is 4.99. The van der Waals surface area contributed by atoms with Crippen molar-refractivity contribution in [1.82, 2.24) is 10.6 Å². The first-order valence-corrected chi connectivity index (χ1v) is 7.05. The van der Waals surface area contributed by atoms with Crippen LogP contribution in [0, 0.1) is 18.3 Å². The fourth-order valence-corrected chi connectivity index (χ4v) is 2.29. The monoisotopic (exact) mass is 256 g/mol. The number of ether oxygens (including phenoxy) is 1. The molecule has 2 atom stereocenters. The van der Waals surface area contributed by atoms with E-state index in [1.165, 1.54) is 0 Å². The molecule has 0 aromatic heterocycles. The van der Waals surface area contributed by atoms with E-state index >= 15 is 0 Å². The van der Waals surface area contributed by atoms with Gasteiger partial charge in [0.1, 0.15) is 0 Å². The molecule has 17 heavy (non-hydrogen) atoms. The summed E-state index contributed by atoms with van der Waals surface area (Å²) in [7, 11) is 0. The average molecular weight is 256 g/mol. The Morgan fingerprint density at radius 1 is 1.59 bits per heavy atom. The molecule has 1 heterocycles. The van der Waals surface area contributed by atoms with Crippen LogP contribution in [0.2, 0.25) is 0 Å². The number of carbonyl (C=O) groups excluding carboxylic acids is 1. The van der Waals surface area contributed by atoms with Crippen LogP contribution in [0.15, 0.2) is 0 Å². The van der Waals surface area contributed by atoms with Crippen molar-refractivity contribution in [2.75, 3.05) is 37.8 Å². The molecule has 1 fully saturated rings. The minimum atomic E-state index is -0.0624. The Hall–Kier alpha value is -0.700. The maximum Gasteiger partial charge on any atom is 0.227 e. The van der Waals surface area contributed by atoms with Crippen LogP contribution < -0.4 is 10.6 Å². The van der Waals surface area contributed by atoms with Gasteiger partial charge in [-0.3, -0.25) is 4.79 Å². The van der Waals surface area contributed by atoms with Gasteiger partial charge in [0.15, 0.2) is 0 Å². The second-order valence-corrected chi connectivity index (χ2v) is 4.96. The molecule has 1 aliphatic heterocycles. The Labute approximate surface area is 107 Å². The Kier molecular flexibility index (Phi) is 7.10. The van der Waals surface area contributed by atoms with Crippen molar-refractivity contribution in [1.29, 1.82) is 0 Å². The molecule has 1 rings (SSSR count). The highest BCUT2D eigenvalue weighted by atomic mass is 32.2. The molecule has 2 unspecified atom stereocenters. The maximum absolute atomic E-state index is 11.9. The zero-order valence-electron chi connectivity index (χ0n) is 10.2. The summed E-state index contributed by atoms with van der Waals surface area (Å²) < 4.78 is 5.33. The van der Waals surface area contributed by atoms with Crippen LogP contribution in [-0.4, -0.2) is 49.8 Å². The fourth-order valence-electron chi connectivity index (χ4n) is 1.78. The van der Waals surface area contributed by atoms with Crippen molar-refractivity contribution in [2.45, 2.75) is 13.0 Å². The summed E-state index contributed by atoms with van der Waals surface area (Å²) in [5, 5.41) is 6.19. The van der Waals surface area contributed by atoms with Gasteiger partial charge in [0, 0.05) is 18.3 Å². The average Bonchev–Trinajstić information content (AvgIpc) is 2.77. The number of likely N-dealkylation sites (N-methyl/N-ethyl adjacent to an activating group) is 1. The van der Waals surface area contributed by atoms with Crippen LogP contribution in [0.1, 0.15) is 6.92 Å². The number of amides is 1. The van der Waals surface area contributed by atoms with Crippen LogP contribution >= 0.6 is 11.8 Å². The molecule has 0 aromatic carbocycles. The molecule has 4 nitrogen and oxygen atoms in total. The van der Waals surface area contributed by atoms with Crippen molar-refractivity contribution in [3.05, 3.63) is 0 Å². The molecule has 96 valence electrons. The third-order valence-electron chi connectivity index (χ3n) is 2.61. The Balaban J connectivity index is 2.20. The van der Waals surface area contributed by atoms with Crippen molar-refractivity contribution in [3.63, 3.8) is 0 Å². The zero-order valence-corrected chi connectivity index (χ0v) is 11.0. The number of carbonyl (C=O) groups is 1. The zero-order chi connectivity index (χ0) is 12.5. The Bertz CT molecular complexity index is 278. The van der Waals surface area contributed by atoms with Crippen molar-refractivity contribution >= 4 is 17.7 Å². The highest BCUT2D eigenvalue weighted by Crippen LogP contribution is 2.13. The fraction of sp³-hybridized carbons (Fsp3) is 0.750. The lowest BCUT2D eigenvalue weighted by molar-refractivity contribution is -0.125. The second-order valence-electron chi connectivity index (χ2n) is 3.86. The van der Waals surface area contributed by atoms with Crippen LogP contribution in [0.25, 0.3) is 0 Å². The molecule has 2 N–H and O–H groups in total. The van der Waals surface area contributed by atoms with Gasteiger partial charge in [0.05, 0.1) is 24.9 Å². The molecule has 1 aliphatic rings. The maximum atomic E-state index is 11.9. The van der Waals surface area contributed by atoms with E-state index in [-0.39, 0.29) is 17.9 Å². The Morgan fingerprint density at radius 3 is 3.12 bits per heavy atom. The number of hydrogen-bond acceptors (Lipinski definition) is 4. The quantitative estimate of drug-likeness (QED) is 0.501. The lowest BCUT2D eigenvalue weighted by atomic mass is 10.0. The summed E-state index contributed by atoms with van der Waals surface area (Å²) in [6, 6.07) is 0.151. The summed E-state index contributed by atoms with van der Waals surface area (Å²) in [5.74, 6) is 4.12. The lowest BCUT2D eigenvalue weighted by Crippen LogP contribution is -2.44. The van der Waals surface area contributed by atoms with E-state index in [0.717, 1.165) is 12.3 Å². The summed E-state index contributed by atoms with van der Waals surface area (Å²) in [6.45, 7) is 4.69. The van der Waals surface area contributed by atoms with E-state index in [4.69, 9.17) is 11.2 Å². The third-order valence-corrected chi connectivity index (χ3v) is 3.48. The van der Waals surface area contributed by atoms with E-state index in [1.807, 2.05) is 6.92 Å². The molecule has 0 radical (unpaired) electrons. The normalized spacial score (nSPS) is 23.3. The minimum Gasteiger partial charge on any atom is -0.379 e. The minimum absolute atomic E-state index is 0.0624. The van der Waals surface area contributed by atoms with Gasteiger partial charge in [0.2, 0.25) is 5.91 Å². The van der Waals surface area contributed by atoms with E-state index in [1.54, 1.807) is 11.8 Å². The number of hydrogen-bond donors (Lipinski definition) is 2. The number of thioether (sulfide) groups is 1. The van der Waals surface area contributed by atoms with Crippen LogP contribution in [-0.2, 0) is 9.53 Å². The highest BCUT2D eigenvalue weighted by Gasteiger charge is 2.32. The van der Waals surface area contributed by atoms with Crippen LogP contribution in [0.4, 0.5) is 0 Å². The van der Waals surface area contributed by atoms with Gasteiger partial charge in [-0.25, -0.2) is 0 Å². The molecule has 0 aromatic rings. The SMILES string of the molecule is C#CCSCCNC(=O)C1COCC1NCC. The number of terminal acetylenes is 1. The van der Waals surface area contributed by atoms with Gasteiger partial charge in [-0.2, -0.15) is 0 Å². The van der Waals surface area contributed by atoms with Gasteiger partial charge in [-0.05, 0) is 6.54 Å². The van der Waals surface area contributed by atoms with E-state index < -0.39 is 0 Å². The molecule has 0 bridgehead atoms. The van der Waals surface area contributed by atoms with Crippen molar-refractivity contribution in [2.24, 2.45) is 5.92 Å². The van der Waals surface area contributed by atoms with Gasteiger partial charge < -0.3 is 15.4 Å². The molecule has 1 saturated heterocycles. The number of rotatable bonds is 7.